The molecule has 2 rings (SSSR count). The molecule has 2 aromatic rings. The molecule has 0 bridgehead atoms. The van der Waals surface area contributed by atoms with Crippen LogP contribution < -0.4 is 0 Å². The zero-order chi connectivity index (χ0) is 9.80. The molecule has 0 aliphatic rings. The Labute approximate surface area is 86.6 Å². The molecule has 0 saturated heterocycles. The fourth-order valence-corrected chi connectivity index (χ4v) is 1.91. The summed E-state index contributed by atoms with van der Waals surface area (Å²) in [4.78, 5) is 1.13. The predicted molar refractivity (Wildman–Crippen MR) is 55.2 cm³/mol. The molecule has 0 radical (unpaired) electrons. The fraction of sp³-hybridized carbons (Fsp3) is 0.0909. The molecule has 0 aliphatic carbocycles. The van der Waals surface area contributed by atoms with Crippen LogP contribution in [0.15, 0.2) is 56.9 Å². The number of aliphatic hydroxyl groups excluding tert-OH is 1. The second kappa shape index (κ2) is 4.35. The van der Waals surface area contributed by atoms with E-state index in [1.807, 2.05) is 36.4 Å². The first-order valence-electron chi connectivity index (χ1n) is 4.31. The Hall–Kier alpha value is -1.19. The molecule has 0 fully saturated rings. The summed E-state index contributed by atoms with van der Waals surface area (Å²) in [6, 6.07) is 13.6. The third-order valence-corrected chi connectivity index (χ3v) is 2.68. The summed E-state index contributed by atoms with van der Waals surface area (Å²) in [5, 5.41) is 9.62. The predicted octanol–water partition coefficient (Wildman–Crippen LogP) is 2.92. The Balaban J connectivity index is 2.11. The van der Waals surface area contributed by atoms with Crippen molar-refractivity contribution in [2.24, 2.45) is 0 Å². The first kappa shape index (κ1) is 9.37. The van der Waals surface area contributed by atoms with Gasteiger partial charge < -0.3 is 9.52 Å². The van der Waals surface area contributed by atoms with E-state index in [4.69, 9.17) is 9.52 Å². The van der Waals surface area contributed by atoms with Crippen molar-refractivity contribution >= 4 is 11.8 Å². The maximum absolute atomic E-state index is 8.81. The molecule has 1 N–H and O–H groups in total. The van der Waals surface area contributed by atoms with Crippen LogP contribution in [0, 0.1) is 0 Å². The van der Waals surface area contributed by atoms with Crippen LogP contribution in [0.1, 0.15) is 5.76 Å². The van der Waals surface area contributed by atoms with E-state index in [2.05, 4.69) is 0 Å². The molecule has 2 nitrogen and oxygen atoms in total. The Morgan fingerprint density at radius 3 is 2.50 bits per heavy atom. The Morgan fingerprint density at radius 1 is 1.07 bits per heavy atom. The van der Waals surface area contributed by atoms with E-state index < -0.39 is 0 Å². The summed E-state index contributed by atoms with van der Waals surface area (Å²) in [5.41, 5.74) is 0. The monoisotopic (exact) mass is 206 g/mol. The third-order valence-electron chi connectivity index (χ3n) is 1.75. The van der Waals surface area contributed by atoms with Crippen molar-refractivity contribution in [3.8, 4) is 0 Å². The molecule has 1 aromatic heterocycles. The molecule has 0 unspecified atom stereocenters. The highest BCUT2D eigenvalue weighted by Gasteiger charge is 2.02. The summed E-state index contributed by atoms with van der Waals surface area (Å²) in [5.74, 6) is 0.600. The summed E-state index contributed by atoms with van der Waals surface area (Å²) in [7, 11) is 0. The van der Waals surface area contributed by atoms with Gasteiger partial charge in [0.25, 0.3) is 0 Å². The van der Waals surface area contributed by atoms with Gasteiger partial charge in [0.1, 0.15) is 12.4 Å². The van der Waals surface area contributed by atoms with Gasteiger partial charge in [-0.2, -0.15) is 0 Å². The van der Waals surface area contributed by atoms with Crippen molar-refractivity contribution in [1.29, 1.82) is 0 Å². The second-order valence-corrected chi connectivity index (χ2v) is 3.87. The van der Waals surface area contributed by atoms with Crippen molar-refractivity contribution < 1.29 is 9.52 Å². The first-order valence-corrected chi connectivity index (χ1v) is 5.12. The fourth-order valence-electron chi connectivity index (χ4n) is 1.10. The largest absolute Gasteiger partial charge is 0.452 e. The maximum Gasteiger partial charge on any atom is 0.165 e. The van der Waals surface area contributed by atoms with Crippen molar-refractivity contribution in [1.82, 2.24) is 0 Å². The summed E-state index contributed by atoms with van der Waals surface area (Å²) in [6.45, 7) is -0.0463. The van der Waals surface area contributed by atoms with Crippen LogP contribution >= 0.6 is 11.8 Å². The summed E-state index contributed by atoms with van der Waals surface area (Å²) < 4.78 is 5.35. The third kappa shape index (κ3) is 2.19. The quantitative estimate of drug-likeness (QED) is 0.838. The highest BCUT2D eigenvalue weighted by atomic mass is 32.2. The highest BCUT2D eigenvalue weighted by molar-refractivity contribution is 7.99. The molecular formula is C11H10O2S. The molecule has 0 saturated carbocycles. The van der Waals surface area contributed by atoms with Gasteiger partial charge in [-0.25, -0.2) is 0 Å². The van der Waals surface area contributed by atoms with Gasteiger partial charge in [-0.05, 0) is 24.3 Å². The van der Waals surface area contributed by atoms with Crippen LogP contribution in [0.5, 0.6) is 0 Å². The van der Waals surface area contributed by atoms with Gasteiger partial charge in [0, 0.05) is 4.90 Å². The number of benzene rings is 1. The first-order chi connectivity index (χ1) is 6.88. The Kier molecular flexibility index (Phi) is 2.91. The molecule has 3 heteroatoms. The molecule has 14 heavy (non-hydrogen) atoms. The van der Waals surface area contributed by atoms with Crippen LogP contribution in [-0.2, 0) is 6.61 Å². The molecular weight excluding hydrogens is 196 g/mol. The van der Waals surface area contributed by atoms with Gasteiger partial charge in [-0.1, -0.05) is 30.0 Å². The van der Waals surface area contributed by atoms with E-state index in [1.54, 1.807) is 17.8 Å². The zero-order valence-corrected chi connectivity index (χ0v) is 8.33. The van der Waals surface area contributed by atoms with E-state index in [9.17, 15) is 0 Å². The number of hydrogen-bond donors (Lipinski definition) is 1. The van der Waals surface area contributed by atoms with Gasteiger partial charge in [-0.3, -0.25) is 0 Å². The van der Waals surface area contributed by atoms with Gasteiger partial charge in [-0.15, -0.1) is 0 Å². The molecule has 72 valence electrons. The minimum Gasteiger partial charge on any atom is -0.452 e. The van der Waals surface area contributed by atoms with Crippen LogP contribution in [0.25, 0.3) is 0 Å². The second-order valence-electron chi connectivity index (χ2n) is 2.79. The standard InChI is InChI=1S/C11H10O2S/c12-8-9-6-7-11(13-9)14-10-4-2-1-3-5-10/h1-7,12H,8H2. The lowest BCUT2D eigenvalue weighted by Gasteiger charge is -1.96. The van der Waals surface area contributed by atoms with E-state index in [1.165, 1.54) is 0 Å². The van der Waals surface area contributed by atoms with Crippen LogP contribution in [-0.4, -0.2) is 5.11 Å². The molecule has 0 spiro atoms. The van der Waals surface area contributed by atoms with Gasteiger partial charge in [0.2, 0.25) is 0 Å². The molecule has 0 aliphatic heterocycles. The topological polar surface area (TPSA) is 33.4 Å². The Bertz CT molecular complexity index is 395. The normalized spacial score (nSPS) is 10.4. The van der Waals surface area contributed by atoms with Gasteiger partial charge >= 0.3 is 0 Å². The lowest BCUT2D eigenvalue weighted by Crippen LogP contribution is -1.73. The van der Waals surface area contributed by atoms with Gasteiger partial charge in [0.05, 0.1) is 0 Å². The molecule has 0 atom stereocenters. The maximum atomic E-state index is 8.81. The molecule has 0 amide bonds. The number of rotatable bonds is 3. The van der Waals surface area contributed by atoms with Crippen molar-refractivity contribution in [3.05, 3.63) is 48.2 Å². The number of hydrogen-bond acceptors (Lipinski definition) is 3. The average molecular weight is 206 g/mol. The van der Waals surface area contributed by atoms with E-state index >= 15 is 0 Å². The van der Waals surface area contributed by atoms with Crippen LogP contribution in [0.3, 0.4) is 0 Å². The van der Waals surface area contributed by atoms with Crippen LogP contribution in [0.4, 0.5) is 0 Å². The van der Waals surface area contributed by atoms with E-state index in [-0.39, 0.29) is 6.61 Å². The lowest BCUT2D eigenvalue weighted by atomic mass is 10.4. The minimum absolute atomic E-state index is 0.0463. The zero-order valence-electron chi connectivity index (χ0n) is 7.51. The van der Waals surface area contributed by atoms with Crippen LogP contribution in [0.2, 0.25) is 0 Å². The van der Waals surface area contributed by atoms with E-state index in [0.29, 0.717) is 5.76 Å². The lowest BCUT2D eigenvalue weighted by molar-refractivity contribution is 0.237. The SMILES string of the molecule is OCc1ccc(Sc2ccccc2)o1. The van der Waals surface area contributed by atoms with E-state index in [0.717, 1.165) is 9.99 Å². The average Bonchev–Trinajstić information content (AvgIpc) is 2.67. The van der Waals surface area contributed by atoms with Gasteiger partial charge in [0.15, 0.2) is 5.09 Å². The molecule has 1 heterocycles. The summed E-state index contributed by atoms with van der Waals surface area (Å²) >= 11 is 1.55. The number of furan rings is 1. The highest BCUT2D eigenvalue weighted by Crippen LogP contribution is 2.28. The Morgan fingerprint density at radius 2 is 1.86 bits per heavy atom. The molecule has 1 aromatic carbocycles. The summed E-state index contributed by atoms with van der Waals surface area (Å²) in [6.07, 6.45) is 0. The minimum atomic E-state index is -0.0463. The van der Waals surface area contributed by atoms with Crippen molar-refractivity contribution in [2.75, 3.05) is 0 Å². The number of aliphatic hydroxyl groups is 1. The van der Waals surface area contributed by atoms with Crippen molar-refractivity contribution in [2.45, 2.75) is 16.6 Å². The van der Waals surface area contributed by atoms with Crippen molar-refractivity contribution in [3.63, 3.8) is 0 Å². The smallest absolute Gasteiger partial charge is 0.165 e.